The second kappa shape index (κ2) is 6.20. The molecule has 0 saturated carbocycles. The molecular weight excluding hydrogens is 236 g/mol. The molecule has 1 heterocycles. The average molecular weight is 260 g/mol. The Balaban J connectivity index is 2.05. The zero-order valence-corrected chi connectivity index (χ0v) is 12.2. The number of likely N-dealkylation sites (tertiary alicyclic amines) is 1. The van der Waals surface area contributed by atoms with Crippen molar-refractivity contribution in [3.05, 3.63) is 35.9 Å². The summed E-state index contributed by atoms with van der Waals surface area (Å²) in [4.78, 5) is 16.8. The fraction of sp³-hybridized carbons (Fsp3) is 0.562. The minimum absolute atomic E-state index is 0.125. The van der Waals surface area contributed by atoms with Crippen LogP contribution < -0.4 is 0 Å². The van der Waals surface area contributed by atoms with E-state index < -0.39 is 0 Å². The maximum atomic E-state index is 12.5. The number of amides is 1. The van der Waals surface area contributed by atoms with Gasteiger partial charge in [-0.25, -0.2) is 0 Å². The van der Waals surface area contributed by atoms with E-state index in [-0.39, 0.29) is 11.9 Å². The lowest BCUT2D eigenvalue weighted by Gasteiger charge is -2.39. The number of benzene rings is 1. The summed E-state index contributed by atoms with van der Waals surface area (Å²) in [5.74, 6) is 0.595. The number of nitrogens with zero attached hydrogens (tertiary/aromatic N) is 2. The maximum Gasteiger partial charge on any atom is 0.253 e. The summed E-state index contributed by atoms with van der Waals surface area (Å²) in [5, 5.41) is 0. The van der Waals surface area contributed by atoms with Crippen molar-refractivity contribution in [3.8, 4) is 0 Å². The van der Waals surface area contributed by atoms with E-state index in [0.717, 1.165) is 12.1 Å². The van der Waals surface area contributed by atoms with Gasteiger partial charge in [0.2, 0.25) is 0 Å². The fourth-order valence-corrected chi connectivity index (χ4v) is 2.54. The fourth-order valence-electron chi connectivity index (χ4n) is 2.54. The monoisotopic (exact) mass is 260 g/mol. The first kappa shape index (κ1) is 14.1. The van der Waals surface area contributed by atoms with Gasteiger partial charge in [0.1, 0.15) is 0 Å². The first-order valence-electron chi connectivity index (χ1n) is 7.14. The van der Waals surface area contributed by atoms with Crippen LogP contribution in [0.15, 0.2) is 30.3 Å². The van der Waals surface area contributed by atoms with Crippen LogP contribution in [-0.2, 0) is 0 Å². The van der Waals surface area contributed by atoms with Crippen molar-refractivity contribution in [1.82, 2.24) is 9.80 Å². The van der Waals surface area contributed by atoms with E-state index in [0.29, 0.717) is 5.92 Å². The van der Waals surface area contributed by atoms with Crippen LogP contribution in [-0.4, -0.2) is 48.4 Å². The van der Waals surface area contributed by atoms with Crippen molar-refractivity contribution in [2.24, 2.45) is 5.92 Å². The maximum absolute atomic E-state index is 12.5. The number of hydrogen-bond donors (Lipinski definition) is 0. The Morgan fingerprint density at radius 3 is 2.37 bits per heavy atom. The molecule has 19 heavy (non-hydrogen) atoms. The highest BCUT2D eigenvalue weighted by Gasteiger charge is 2.27. The molecule has 0 N–H and O–H groups in total. The van der Waals surface area contributed by atoms with Gasteiger partial charge in [-0.1, -0.05) is 32.0 Å². The lowest BCUT2D eigenvalue weighted by Crippen LogP contribution is -2.51. The normalized spacial score (nSPS) is 17.1. The summed E-state index contributed by atoms with van der Waals surface area (Å²) in [6.45, 7) is 7.73. The third-order valence-electron chi connectivity index (χ3n) is 4.00. The van der Waals surface area contributed by atoms with Gasteiger partial charge < -0.3 is 9.80 Å². The molecule has 1 atom stereocenters. The Bertz CT molecular complexity index is 412. The van der Waals surface area contributed by atoms with Crippen molar-refractivity contribution < 1.29 is 4.79 Å². The Kier molecular flexibility index (Phi) is 4.59. The second-order valence-electron chi connectivity index (χ2n) is 5.75. The van der Waals surface area contributed by atoms with Crippen LogP contribution in [0.1, 0.15) is 30.6 Å². The quantitative estimate of drug-likeness (QED) is 0.812. The average Bonchev–Trinajstić information content (AvgIpc) is 2.36. The Labute approximate surface area is 116 Å². The van der Waals surface area contributed by atoms with Gasteiger partial charge in [0, 0.05) is 25.2 Å². The number of carbonyl (C=O) groups excluding carboxylic acids is 1. The molecule has 3 nitrogen and oxygen atoms in total. The molecule has 1 aliphatic heterocycles. The molecular formula is C16H24N2O. The smallest absolute Gasteiger partial charge is 0.253 e. The number of hydrogen-bond acceptors (Lipinski definition) is 2. The van der Waals surface area contributed by atoms with E-state index in [9.17, 15) is 4.79 Å². The van der Waals surface area contributed by atoms with Gasteiger partial charge in [-0.15, -0.1) is 0 Å². The van der Waals surface area contributed by atoms with Crippen LogP contribution in [0.5, 0.6) is 0 Å². The van der Waals surface area contributed by atoms with Crippen LogP contribution in [0.25, 0.3) is 0 Å². The van der Waals surface area contributed by atoms with Crippen molar-refractivity contribution >= 4 is 5.91 Å². The molecule has 2 rings (SSSR count). The summed E-state index contributed by atoms with van der Waals surface area (Å²) in [6, 6.07) is 9.84. The Hall–Kier alpha value is -1.35. The molecule has 1 fully saturated rings. The van der Waals surface area contributed by atoms with Crippen LogP contribution >= 0.6 is 0 Å². The molecule has 0 aliphatic carbocycles. The van der Waals surface area contributed by atoms with E-state index in [1.807, 2.05) is 42.3 Å². The predicted octanol–water partition coefficient (Wildman–Crippen LogP) is 2.49. The summed E-state index contributed by atoms with van der Waals surface area (Å²) in [6.07, 6.45) is 1.29. The molecule has 3 heteroatoms. The topological polar surface area (TPSA) is 23.6 Å². The van der Waals surface area contributed by atoms with Crippen molar-refractivity contribution in [2.45, 2.75) is 26.3 Å². The molecule has 1 amide bonds. The molecule has 104 valence electrons. The molecule has 0 bridgehead atoms. The van der Waals surface area contributed by atoms with Crippen LogP contribution in [0.3, 0.4) is 0 Å². The first-order chi connectivity index (χ1) is 9.09. The largest absolute Gasteiger partial charge is 0.337 e. The minimum Gasteiger partial charge on any atom is -0.337 e. The van der Waals surface area contributed by atoms with Gasteiger partial charge in [0.25, 0.3) is 5.91 Å². The molecule has 1 aromatic carbocycles. The SMILES string of the molecule is CC(C)C(CN1CCC1)N(C)C(=O)c1ccccc1. The second-order valence-corrected chi connectivity index (χ2v) is 5.75. The Morgan fingerprint density at radius 1 is 1.26 bits per heavy atom. The van der Waals surface area contributed by atoms with Crippen molar-refractivity contribution in [2.75, 3.05) is 26.7 Å². The van der Waals surface area contributed by atoms with E-state index in [2.05, 4.69) is 18.7 Å². The highest BCUT2D eigenvalue weighted by atomic mass is 16.2. The summed E-state index contributed by atoms with van der Waals surface area (Å²) < 4.78 is 0. The molecule has 0 aromatic heterocycles. The Morgan fingerprint density at radius 2 is 1.89 bits per heavy atom. The van der Waals surface area contributed by atoms with Gasteiger partial charge in [-0.2, -0.15) is 0 Å². The van der Waals surface area contributed by atoms with Crippen molar-refractivity contribution in [1.29, 1.82) is 0 Å². The number of rotatable bonds is 5. The lowest BCUT2D eigenvalue weighted by atomic mass is 10.00. The highest BCUT2D eigenvalue weighted by Crippen LogP contribution is 2.17. The van der Waals surface area contributed by atoms with Gasteiger partial charge >= 0.3 is 0 Å². The molecule has 0 spiro atoms. The van der Waals surface area contributed by atoms with E-state index in [1.54, 1.807) is 0 Å². The third kappa shape index (κ3) is 3.35. The van der Waals surface area contributed by atoms with Crippen molar-refractivity contribution in [3.63, 3.8) is 0 Å². The summed E-state index contributed by atoms with van der Waals surface area (Å²) in [5.41, 5.74) is 0.777. The molecule has 1 unspecified atom stereocenters. The van der Waals surface area contributed by atoms with Crippen LogP contribution in [0.2, 0.25) is 0 Å². The van der Waals surface area contributed by atoms with Gasteiger partial charge in [-0.3, -0.25) is 4.79 Å². The minimum atomic E-state index is 0.125. The summed E-state index contributed by atoms with van der Waals surface area (Å²) in [7, 11) is 1.93. The first-order valence-corrected chi connectivity index (χ1v) is 7.14. The van der Waals surface area contributed by atoms with Crippen LogP contribution in [0.4, 0.5) is 0 Å². The van der Waals surface area contributed by atoms with Crippen LogP contribution in [0, 0.1) is 5.92 Å². The highest BCUT2D eigenvalue weighted by molar-refractivity contribution is 5.94. The zero-order chi connectivity index (χ0) is 13.8. The van der Waals surface area contributed by atoms with Gasteiger partial charge in [0.15, 0.2) is 0 Å². The van der Waals surface area contributed by atoms with Gasteiger partial charge in [-0.05, 0) is 37.6 Å². The van der Waals surface area contributed by atoms with E-state index >= 15 is 0 Å². The third-order valence-corrected chi connectivity index (χ3v) is 4.00. The molecule has 1 aliphatic rings. The molecule has 0 radical (unpaired) electrons. The summed E-state index contributed by atoms with van der Waals surface area (Å²) >= 11 is 0. The number of likely N-dealkylation sites (N-methyl/N-ethyl adjacent to an activating group) is 1. The lowest BCUT2D eigenvalue weighted by molar-refractivity contribution is 0.0564. The zero-order valence-electron chi connectivity index (χ0n) is 12.2. The van der Waals surface area contributed by atoms with E-state index in [4.69, 9.17) is 0 Å². The van der Waals surface area contributed by atoms with E-state index in [1.165, 1.54) is 19.5 Å². The predicted molar refractivity (Wildman–Crippen MR) is 78.2 cm³/mol. The standard InChI is InChI=1S/C16H24N2O/c1-13(2)15(12-18-10-7-11-18)17(3)16(19)14-8-5-4-6-9-14/h4-6,8-9,13,15H,7,10-12H2,1-3H3. The molecule has 1 saturated heterocycles. The molecule has 1 aromatic rings. The number of carbonyl (C=O) groups is 1. The van der Waals surface area contributed by atoms with Gasteiger partial charge in [0.05, 0.1) is 0 Å².